The fourth-order valence-corrected chi connectivity index (χ4v) is 5.25. The first-order chi connectivity index (χ1) is 14.4. The number of carbonyl (C=O) groups is 1. The summed E-state index contributed by atoms with van der Waals surface area (Å²) in [6.45, 7) is 2.60. The molecule has 0 aliphatic carbocycles. The third-order valence-corrected chi connectivity index (χ3v) is 7.79. The summed E-state index contributed by atoms with van der Waals surface area (Å²) in [7, 11) is -3.36. The van der Waals surface area contributed by atoms with Gasteiger partial charge in [0.15, 0.2) is 9.84 Å². The van der Waals surface area contributed by atoms with Crippen LogP contribution in [0.3, 0.4) is 0 Å². The number of aromatic nitrogens is 1. The monoisotopic (exact) mass is 448 g/mol. The Labute approximate surface area is 178 Å². The van der Waals surface area contributed by atoms with Crippen molar-refractivity contribution in [1.29, 1.82) is 0 Å². The maximum absolute atomic E-state index is 13.3. The van der Waals surface area contributed by atoms with Gasteiger partial charge >= 0.3 is 0 Å². The molecule has 0 bridgehead atoms. The van der Waals surface area contributed by atoms with Crippen LogP contribution in [0.4, 0.5) is 4.39 Å². The van der Waals surface area contributed by atoms with Crippen LogP contribution in [0.1, 0.15) is 30.1 Å². The highest BCUT2D eigenvalue weighted by atomic mass is 32.2. The van der Waals surface area contributed by atoms with Crippen LogP contribution in [0.15, 0.2) is 47.4 Å². The van der Waals surface area contributed by atoms with Crippen molar-refractivity contribution >= 4 is 37.3 Å². The van der Waals surface area contributed by atoms with Crippen LogP contribution in [0.5, 0.6) is 5.19 Å². The van der Waals surface area contributed by atoms with E-state index >= 15 is 0 Å². The van der Waals surface area contributed by atoms with Crippen molar-refractivity contribution in [3.05, 3.63) is 53.8 Å². The minimum atomic E-state index is -3.36. The summed E-state index contributed by atoms with van der Waals surface area (Å²) in [5.74, 6) is -0.497. The normalized spacial score (nSPS) is 15.5. The van der Waals surface area contributed by atoms with Crippen LogP contribution in [0.25, 0.3) is 10.2 Å². The van der Waals surface area contributed by atoms with Gasteiger partial charge in [-0.1, -0.05) is 24.3 Å². The van der Waals surface area contributed by atoms with Gasteiger partial charge in [0.25, 0.3) is 11.1 Å². The molecule has 1 amide bonds. The molecule has 3 aromatic rings. The number of amides is 1. The van der Waals surface area contributed by atoms with Crippen molar-refractivity contribution in [2.24, 2.45) is 0 Å². The average molecular weight is 449 g/mol. The summed E-state index contributed by atoms with van der Waals surface area (Å²) in [6, 6.07) is 10.6. The summed E-state index contributed by atoms with van der Waals surface area (Å²) in [5.41, 5.74) is 1.07. The van der Waals surface area contributed by atoms with E-state index in [1.807, 2.05) is 0 Å². The van der Waals surface area contributed by atoms with Gasteiger partial charge in [0, 0.05) is 31.5 Å². The van der Waals surface area contributed by atoms with Crippen molar-refractivity contribution in [1.82, 2.24) is 9.88 Å². The fourth-order valence-electron chi connectivity index (χ4n) is 3.42. The van der Waals surface area contributed by atoms with Gasteiger partial charge in [-0.3, -0.25) is 4.79 Å². The zero-order valence-corrected chi connectivity index (χ0v) is 18.0. The molecule has 1 aliphatic rings. The number of hydrogen-bond acceptors (Lipinski definition) is 6. The van der Waals surface area contributed by atoms with Gasteiger partial charge in [0.05, 0.1) is 20.9 Å². The minimum absolute atomic E-state index is 0.00815. The van der Waals surface area contributed by atoms with E-state index in [2.05, 4.69) is 4.98 Å². The zero-order chi connectivity index (χ0) is 21.3. The van der Waals surface area contributed by atoms with Gasteiger partial charge in [-0.05, 0) is 36.4 Å². The molecule has 0 unspecified atom stereocenters. The van der Waals surface area contributed by atoms with Crippen molar-refractivity contribution in [2.75, 3.05) is 18.8 Å². The lowest BCUT2D eigenvalue weighted by atomic mass is 10.1. The highest BCUT2D eigenvalue weighted by Gasteiger charge is 2.26. The topological polar surface area (TPSA) is 76.6 Å². The number of ether oxygens (including phenoxy) is 1. The van der Waals surface area contributed by atoms with E-state index in [4.69, 9.17) is 4.74 Å². The first-order valence-electron chi connectivity index (χ1n) is 9.70. The number of sulfone groups is 1. The van der Waals surface area contributed by atoms with Crippen LogP contribution >= 0.6 is 11.3 Å². The molecule has 0 atom stereocenters. The largest absolute Gasteiger partial charge is 0.467 e. The van der Waals surface area contributed by atoms with Crippen molar-refractivity contribution in [3.63, 3.8) is 0 Å². The number of carbonyl (C=O) groups excluding carboxylic acids is 1. The number of hydrogen-bond donors (Lipinski definition) is 0. The summed E-state index contributed by atoms with van der Waals surface area (Å²) in [6.07, 6.45) is 1.21. The smallest absolute Gasteiger partial charge is 0.274 e. The van der Waals surface area contributed by atoms with Gasteiger partial charge in [0.1, 0.15) is 11.9 Å². The Bertz CT molecular complexity index is 1180. The minimum Gasteiger partial charge on any atom is -0.467 e. The van der Waals surface area contributed by atoms with E-state index in [0.717, 1.165) is 4.70 Å². The molecule has 0 N–H and O–H groups in total. The highest BCUT2D eigenvalue weighted by molar-refractivity contribution is 7.91. The van der Waals surface area contributed by atoms with E-state index in [9.17, 15) is 17.6 Å². The summed E-state index contributed by atoms with van der Waals surface area (Å²) in [4.78, 5) is 19.1. The molecule has 9 heteroatoms. The third kappa shape index (κ3) is 4.32. The Morgan fingerprint density at radius 1 is 1.23 bits per heavy atom. The molecule has 0 radical (unpaired) electrons. The van der Waals surface area contributed by atoms with Crippen molar-refractivity contribution in [3.8, 4) is 5.19 Å². The second-order valence-corrected chi connectivity index (χ2v) is 10.4. The Morgan fingerprint density at radius 2 is 2.00 bits per heavy atom. The first kappa shape index (κ1) is 20.7. The number of piperidine rings is 1. The number of fused-ring (bicyclic) bond motifs is 1. The molecule has 6 nitrogen and oxygen atoms in total. The lowest BCUT2D eigenvalue weighted by molar-refractivity contribution is 0.0595. The van der Waals surface area contributed by atoms with E-state index in [-0.39, 0.29) is 28.5 Å². The van der Waals surface area contributed by atoms with Gasteiger partial charge in [0.2, 0.25) is 0 Å². The Balaban J connectivity index is 1.39. The maximum Gasteiger partial charge on any atom is 0.274 e. The lowest BCUT2D eigenvalue weighted by Crippen LogP contribution is -2.41. The number of rotatable bonds is 5. The lowest BCUT2D eigenvalue weighted by Gasteiger charge is -2.31. The van der Waals surface area contributed by atoms with Crippen molar-refractivity contribution in [2.45, 2.75) is 30.8 Å². The second kappa shape index (κ2) is 8.31. The Morgan fingerprint density at radius 3 is 2.73 bits per heavy atom. The van der Waals surface area contributed by atoms with E-state index in [1.54, 1.807) is 30.0 Å². The molecular formula is C21H21FN2O4S2. The quantitative estimate of drug-likeness (QED) is 0.591. The fraction of sp³-hybridized carbons (Fsp3) is 0.333. The Hall–Kier alpha value is -2.52. The van der Waals surface area contributed by atoms with E-state index < -0.39 is 9.84 Å². The average Bonchev–Trinajstić information content (AvgIpc) is 3.15. The zero-order valence-electron chi connectivity index (χ0n) is 16.4. The van der Waals surface area contributed by atoms with Gasteiger partial charge < -0.3 is 9.64 Å². The molecule has 4 rings (SSSR count). The van der Waals surface area contributed by atoms with Crippen LogP contribution in [-0.4, -0.2) is 49.2 Å². The molecule has 158 valence electrons. The standard InChI is InChI=1S/C21H21FN2O4S2/c1-2-30(26,27)17-5-3-4-14(12-17)20(25)24-10-8-16(9-11-24)28-21-23-18-7-6-15(22)13-19(18)29-21/h3-7,12-13,16H,2,8-11H2,1H3. The number of nitrogens with zero attached hydrogens (tertiary/aromatic N) is 2. The predicted molar refractivity (Wildman–Crippen MR) is 113 cm³/mol. The summed E-state index contributed by atoms with van der Waals surface area (Å²) in [5, 5.41) is 0.498. The summed E-state index contributed by atoms with van der Waals surface area (Å²) >= 11 is 1.30. The molecule has 1 aromatic heterocycles. The SMILES string of the molecule is CCS(=O)(=O)c1cccc(C(=O)N2CCC(Oc3nc4ccc(F)cc4s3)CC2)c1. The molecule has 2 heterocycles. The number of thiazole rings is 1. The van der Waals surface area contributed by atoms with Crippen molar-refractivity contribution < 1.29 is 22.3 Å². The van der Waals surface area contributed by atoms with Crippen LogP contribution in [0.2, 0.25) is 0 Å². The maximum atomic E-state index is 13.3. The second-order valence-electron chi connectivity index (χ2n) is 7.13. The number of halogens is 1. The number of benzene rings is 2. The summed E-state index contributed by atoms with van der Waals surface area (Å²) < 4.78 is 44.2. The molecule has 30 heavy (non-hydrogen) atoms. The van der Waals surface area contributed by atoms with E-state index in [1.165, 1.54) is 35.6 Å². The molecule has 2 aromatic carbocycles. The van der Waals surface area contributed by atoms with Gasteiger partial charge in [-0.15, -0.1) is 0 Å². The molecule has 1 aliphatic heterocycles. The highest BCUT2D eigenvalue weighted by Crippen LogP contribution is 2.30. The van der Waals surface area contributed by atoms with E-state index in [0.29, 0.717) is 42.2 Å². The molecular weight excluding hydrogens is 427 g/mol. The predicted octanol–water partition coefficient (Wildman–Crippen LogP) is 3.91. The molecule has 0 saturated carbocycles. The third-order valence-electron chi connectivity index (χ3n) is 5.15. The molecule has 1 saturated heterocycles. The van der Waals surface area contributed by atoms with Crippen LogP contribution < -0.4 is 4.74 Å². The first-order valence-corrected chi connectivity index (χ1v) is 12.2. The Kier molecular flexibility index (Phi) is 5.75. The molecule has 0 spiro atoms. The van der Waals surface area contributed by atoms with Crippen LogP contribution in [-0.2, 0) is 9.84 Å². The van der Waals surface area contributed by atoms with Gasteiger partial charge in [-0.25, -0.2) is 17.8 Å². The van der Waals surface area contributed by atoms with Gasteiger partial charge in [-0.2, -0.15) is 0 Å². The molecule has 1 fully saturated rings. The van der Waals surface area contributed by atoms with Crippen LogP contribution in [0, 0.1) is 5.82 Å². The number of likely N-dealkylation sites (tertiary alicyclic amines) is 1.